The van der Waals surface area contributed by atoms with Crippen molar-refractivity contribution in [3.63, 3.8) is 0 Å². The summed E-state index contributed by atoms with van der Waals surface area (Å²) in [6.45, 7) is 4.63. The van der Waals surface area contributed by atoms with Gasteiger partial charge in [-0.3, -0.25) is 9.59 Å². The fourth-order valence-electron chi connectivity index (χ4n) is 1.15. The highest BCUT2D eigenvalue weighted by atomic mass is 16.5. The van der Waals surface area contributed by atoms with Crippen molar-refractivity contribution in [2.75, 3.05) is 26.7 Å². The largest absolute Gasteiger partial charge is 0.468 e. The van der Waals surface area contributed by atoms with Crippen LogP contribution >= 0.6 is 0 Å². The van der Waals surface area contributed by atoms with Gasteiger partial charge in [-0.15, -0.1) is 0 Å². The van der Waals surface area contributed by atoms with Gasteiger partial charge in [0.1, 0.15) is 6.54 Å². The van der Waals surface area contributed by atoms with E-state index in [1.807, 2.05) is 13.8 Å². The molecule has 5 nitrogen and oxygen atoms in total. The van der Waals surface area contributed by atoms with Crippen LogP contribution in [-0.4, -0.2) is 43.5 Å². The van der Waals surface area contributed by atoms with Crippen LogP contribution in [0.3, 0.4) is 0 Å². The first-order valence-corrected chi connectivity index (χ1v) is 5.05. The summed E-state index contributed by atoms with van der Waals surface area (Å²) >= 11 is 0. The van der Waals surface area contributed by atoms with E-state index in [0.717, 1.165) is 0 Å². The summed E-state index contributed by atoms with van der Waals surface area (Å²) < 4.78 is 4.51. The van der Waals surface area contributed by atoms with Crippen molar-refractivity contribution in [2.24, 2.45) is 11.7 Å². The second-order valence-electron chi connectivity index (χ2n) is 3.78. The molecule has 88 valence electrons. The number of esters is 1. The van der Waals surface area contributed by atoms with Crippen molar-refractivity contribution in [1.82, 2.24) is 4.90 Å². The van der Waals surface area contributed by atoms with E-state index >= 15 is 0 Å². The van der Waals surface area contributed by atoms with E-state index in [2.05, 4.69) is 4.74 Å². The van der Waals surface area contributed by atoms with Crippen LogP contribution in [0.25, 0.3) is 0 Å². The summed E-state index contributed by atoms with van der Waals surface area (Å²) in [5.74, 6) is -0.197. The van der Waals surface area contributed by atoms with Gasteiger partial charge >= 0.3 is 5.97 Å². The normalized spacial score (nSPS) is 10.2. The highest BCUT2D eigenvalue weighted by Gasteiger charge is 2.17. The zero-order chi connectivity index (χ0) is 11.8. The van der Waals surface area contributed by atoms with Crippen LogP contribution in [-0.2, 0) is 14.3 Å². The third-order valence-corrected chi connectivity index (χ3v) is 1.88. The van der Waals surface area contributed by atoms with Gasteiger partial charge in [-0.25, -0.2) is 0 Å². The maximum absolute atomic E-state index is 11.7. The van der Waals surface area contributed by atoms with Gasteiger partial charge in [0, 0.05) is 19.5 Å². The van der Waals surface area contributed by atoms with Crippen molar-refractivity contribution in [3.8, 4) is 0 Å². The summed E-state index contributed by atoms with van der Waals surface area (Å²) in [6.07, 6.45) is 0.428. The van der Waals surface area contributed by atoms with Crippen molar-refractivity contribution in [2.45, 2.75) is 20.3 Å². The zero-order valence-corrected chi connectivity index (χ0v) is 9.66. The fourth-order valence-corrected chi connectivity index (χ4v) is 1.15. The van der Waals surface area contributed by atoms with Gasteiger partial charge in [0.05, 0.1) is 7.11 Å². The third kappa shape index (κ3) is 6.06. The van der Waals surface area contributed by atoms with Crippen LogP contribution in [0.4, 0.5) is 0 Å². The lowest BCUT2D eigenvalue weighted by Gasteiger charge is -2.21. The molecule has 0 saturated heterocycles. The number of carbonyl (C=O) groups is 2. The Kier molecular flexibility index (Phi) is 6.70. The Labute approximate surface area is 90.6 Å². The first-order valence-electron chi connectivity index (χ1n) is 5.05. The van der Waals surface area contributed by atoms with Gasteiger partial charge in [-0.05, 0) is 5.92 Å². The van der Waals surface area contributed by atoms with Gasteiger partial charge < -0.3 is 15.4 Å². The molecule has 5 heteroatoms. The Hall–Kier alpha value is -1.10. The molecule has 0 bridgehead atoms. The standard InChI is InChI=1S/C10H20N2O3/c1-8(2)6-9(13)12(5-4-11)7-10(14)15-3/h8H,4-7,11H2,1-3H3. The Morgan fingerprint density at radius 2 is 2.00 bits per heavy atom. The van der Waals surface area contributed by atoms with Crippen LogP contribution in [0.5, 0.6) is 0 Å². The average Bonchev–Trinajstić information content (AvgIpc) is 2.15. The fraction of sp³-hybridized carbons (Fsp3) is 0.800. The van der Waals surface area contributed by atoms with Crippen LogP contribution in [0, 0.1) is 5.92 Å². The van der Waals surface area contributed by atoms with Crippen molar-refractivity contribution in [3.05, 3.63) is 0 Å². The molecule has 0 aliphatic rings. The Morgan fingerprint density at radius 1 is 1.40 bits per heavy atom. The SMILES string of the molecule is COC(=O)CN(CCN)C(=O)CC(C)C. The molecule has 0 radical (unpaired) electrons. The third-order valence-electron chi connectivity index (χ3n) is 1.88. The van der Waals surface area contributed by atoms with Crippen LogP contribution in [0.1, 0.15) is 20.3 Å². The van der Waals surface area contributed by atoms with Crippen LogP contribution in [0.2, 0.25) is 0 Å². The monoisotopic (exact) mass is 216 g/mol. The number of methoxy groups -OCH3 is 1. The van der Waals surface area contributed by atoms with E-state index < -0.39 is 5.97 Å². The molecular formula is C10H20N2O3. The molecule has 0 rings (SSSR count). The number of hydrogen-bond donors (Lipinski definition) is 1. The quantitative estimate of drug-likeness (QED) is 0.634. The summed E-state index contributed by atoms with van der Waals surface area (Å²) in [7, 11) is 1.30. The Bertz CT molecular complexity index is 217. The van der Waals surface area contributed by atoms with Gasteiger partial charge in [0.25, 0.3) is 0 Å². The van der Waals surface area contributed by atoms with E-state index in [-0.39, 0.29) is 18.4 Å². The molecule has 0 aliphatic carbocycles. The summed E-state index contributed by atoms with van der Waals surface area (Å²) in [6, 6.07) is 0. The van der Waals surface area contributed by atoms with Crippen LogP contribution in [0.15, 0.2) is 0 Å². The number of hydrogen-bond acceptors (Lipinski definition) is 4. The first kappa shape index (κ1) is 13.9. The zero-order valence-electron chi connectivity index (χ0n) is 9.66. The molecule has 2 N–H and O–H groups in total. The summed E-state index contributed by atoms with van der Waals surface area (Å²) in [4.78, 5) is 24.1. The molecule has 15 heavy (non-hydrogen) atoms. The van der Waals surface area contributed by atoms with E-state index in [1.54, 1.807) is 0 Å². The van der Waals surface area contributed by atoms with Crippen molar-refractivity contribution >= 4 is 11.9 Å². The minimum atomic E-state index is -0.416. The van der Waals surface area contributed by atoms with E-state index in [0.29, 0.717) is 19.5 Å². The van der Waals surface area contributed by atoms with Gasteiger partial charge in [-0.2, -0.15) is 0 Å². The van der Waals surface area contributed by atoms with Crippen molar-refractivity contribution in [1.29, 1.82) is 0 Å². The predicted octanol–water partition coefficient (Wildman–Crippen LogP) is -0.00720. The highest BCUT2D eigenvalue weighted by molar-refractivity contribution is 5.82. The lowest BCUT2D eigenvalue weighted by molar-refractivity contribution is -0.147. The minimum Gasteiger partial charge on any atom is -0.468 e. The molecule has 0 aromatic heterocycles. The van der Waals surface area contributed by atoms with Gasteiger partial charge in [0.2, 0.25) is 5.91 Å². The number of nitrogens with zero attached hydrogens (tertiary/aromatic N) is 1. The molecule has 0 saturated carbocycles. The minimum absolute atomic E-state index is 0.0146. The lowest BCUT2D eigenvalue weighted by Crippen LogP contribution is -2.39. The van der Waals surface area contributed by atoms with Crippen molar-refractivity contribution < 1.29 is 14.3 Å². The molecule has 0 fully saturated rings. The lowest BCUT2D eigenvalue weighted by atomic mass is 10.1. The molecule has 0 aliphatic heterocycles. The van der Waals surface area contributed by atoms with E-state index in [4.69, 9.17) is 5.73 Å². The van der Waals surface area contributed by atoms with E-state index in [9.17, 15) is 9.59 Å². The van der Waals surface area contributed by atoms with E-state index in [1.165, 1.54) is 12.0 Å². The number of ether oxygens (including phenoxy) is 1. The smallest absolute Gasteiger partial charge is 0.325 e. The number of rotatable bonds is 6. The molecule has 0 unspecified atom stereocenters. The number of carbonyl (C=O) groups excluding carboxylic acids is 2. The van der Waals surface area contributed by atoms with Gasteiger partial charge in [-0.1, -0.05) is 13.8 Å². The summed E-state index contributed by atoms with van der Waals surface area (Å²) in [5, 5.41) is 0. The average molecular weight is 216 g/mol. The maximum atomic E-state index is 11.7. The maximum Gasteiger partial charge on any atom is 0.325 e. The summed E-state index contributed by atoms with van der Waals surface area (Å²) in [5.41, 5.74) is 5.37. The molecular weight excluding hydrogens is 196 g/mol. The Balaban J connectivity index is 4.24. The Morgan fingerprint density at radius 3 is 2.40 bits per heavy atom. The molecule has 0 heterocycles. The second kappa shape index (κ2) is 7.23. The molecule has 0 aromatic carbocycles. The molecule has 0 aromatic rings. The predicted molar refractivity (Wildman–Crippen MR) is 57.1 cm³/mol. The van der Waals surface area contributed by atoms with Gasteiger partial charge in [0.15, 0.2) is 0 Å². The topological polar surface area (TPSA) is 72.6 Å². The molecule has 0 atom stereocenters. The number of nitrogens with two attached hydrogens (primary N) is 1. The highest BCUT2D eigenvalue weighted by Crippen LogP contribution is 2.03. The molecule has 1 amide bonds. The first-order chi connectivity index (χ1) is 7.01. The number of amides is 1. The van der Waals surface area contributed by atoms with Crippen LogP contribution < -0.4 is 5.73 Å². The second-order valence-corrected chi connectivity index (χ2v) is 3.78. The molecule has 0 spiro atoms.